The zero-order chi connectivity index (χ0) is 17.2. The number of aliphatic hydroxyl groups is 1. The average Bonchev–Trinajstić information content (AvgIpc) is 3.02. The highest BCUT2D eigenvalue weighted by atomic mass is 16.4. The van der Waals surface area contributed by atoms with Crippen molar-refractivity contribution < 1.29 is 9.52 Å². The maximum Gasteiger partial charge on any atom is 0.417 e. The minimum absolute atomic E-state index is 0.103. The number of nitrogens with zero attached hydrogens (tertiary/aromatic N) is 1. The first kappa shape index (κ1) is 16.1. The van der Waals surface area contributed by atoms with Gasteiger partial charge in [-0.1, -0.05) is 36.4 Å². The van der Waals surface area contributed by atoms with Crippen LogP contribution in [0.4, 0.5) is 0 Å². The number of aromatic nitrogens is 1. The molecule has 25 heavy (non-hydrogen) atoms. The molecule has 0 saturated carbocycles. The quantitative estimate of drug-likeness (QED) is 0.750. The fourth-order valence-electron chi connectivity index (χ4n) is 3.96. The summed E-state index contributed by atoms with van der Waals surface area (Å²) in [5, 5.41) is 9.59. The van der Waals surface area contributed by atoms with Gasteiger partial charge in [-0.25, -0.2) is 4.79 Å². The van der Waals surface area contributed by atoms with Crippen molar-refractivity contribution in [3.8, 4) is 0 Å². The normalized spacial score (nSPS) is 17.1. The lowest BCUT2D eigenvalue weighted by Crippen LogP contribution is -2.33. The SMILES string of the molecule is O=c1[nH]c2cccc(CN(CCO)C3CCCc4ccccc43)c2o1. The lowest BCUT2D eigenvalue weighted by Gasteiger charge is -2.35. The molecule has 3 aromatic rings. The lowest BCUT2D eigenvalue weighted by molar-refractivity contribution is 0.131. The van der Waals surface area contributed by atoms with Gasteiger partial charge in [0, 0.05) is 24.7 Å². The molecule has 0 saturated heterocycles. The molecule has 0 spiro atoms. The van der Waals surface area contributed by atoms with Crippen molar-refractivity contribution >= 4 is 11.1 Å². The summed E-state index contributed by atoms with van der Waals surface area (Å²) in [6, 6.07) is 14.6. The predicted molar refractivity (Wildman–Crippen MR) is 96.5 cm³/mol. The van der Waals surface area contributed by atoms with Gasteiger partial charge in [-0.15, -0.1) is 0 Å². The van der Waals surface area contributed by atoms with Gasteiger partial charge in [-0.3, -0.25) is 9.88 Å². The Hall–Kier alpha value is -2.37. The van der Waals surface area contributed by atoms with Crippen LogP contribution in [0.3, 0.4) is 0 Å². The number of aromatic amines is 1. The van der Waals surface area contributed by atoms with Crippen molar-refractivity contribution in [2.24, 2.45) is 0 Å². The molecular formula is C20H22N2O3. The highest BCUT2D eigenvalue weighted by Gasteiger charge is 2.26. The maximum atomic E-state index is 11.5. The molecular weight excluding hydrogens is 316 g/mol. The summed E-state index contributed by atoms with van der Waals surface area (Å²) < 4.78 is 5.33. The van der Waals surface area contributed by atoms with Crippen LogP contribution in [0, 0.1) is 0 Å². The van der Waals surface area contributed by atoms with Crippen LogP contribution in [-0.4, -0.2) is 28.1 Å². The Kier molecular flexibility index (Phi) is 4.42. The van der Waals surface area contributed by atoms with E-state index < -0.39 is 5.76 Å². The molecule has 0 amide bonds. The third-order valence-electron chi connectivity index (χ3n) is 5.07. The third-order valence-corrected chi connectivity index (χ3v) is 5.07. The maximum absolute atomic E-state index is 11.5. The molecule has 0 bridgehead atoms. The van der Waals surface area contributed by atoms with Gasteiger partial charge in [0.15, 0.2) is 5.58 Å². The number of hydrogen-bond acceptors (Lipinski definition) is 4. The second-order valence-electron chi connectivity index (χ2n) is 6.61. The Balaban J connectivity index is 1.69. The van der Waals surface area contributed by atoms with E-state index in [0.29, 0.717) is 18.7 Å². The van der Waals surface area contributed by atoms with Crippen molar-refractivity contribution in [1.82, 2.24) is 9.88 Å². The number of fused-ring (bicyclic) bond motifs is 2. The second kappa shape index (κ2) is 6.86. The Bertz CT molecular complexity index is 928. The van der Waals surface area contributed by atoms with Crippen LogP contribution in [0.25, 0.3) is 11.1 Å². The summed E-state index contributed by atoms with van der Waals surface area (Å²) >= 11 is 0. The van der Waals surface area contributed by atoms with E-state index in [0.717, 1.165) is 30.3 Å². The zero-order valence-corrected chi connectivity index (χ0v) is 14.1. The summed E-state index contributed by atoms with van der Waals surface area (Å²) in [5.74, 6) is -0.431. The summed E-state index contributed by atoms with van der Waals surface area (Å²) in [5.41, 5.74) is 5.04. The average molecular weight is 338 g/mol. The molecule has 1 unspecified atom stereocenters. The van der Waals surface area contributed by atoms with E-state index in [1.807, 2.05) is 18.2 Å². The van der Waals surface area contributed by atoms with E-state index >= 15 is 0 Å². The first-order valence-corrected chi connectivity index (χ1v) is 8.79. The summed E-state index contributed by atoms with van der Waals surface area (Å²) in [4.78, 5) is 16.5. The van der Waals surface area contributed by atoms with Gasteiger partial charge in [0.2, 0.25) is 0 Å². The molecule has 5 heteroatoms. The molecule has 0 fully saturated rings. The zero-order valence-electron chi connectivity index (χ0n) is 14.1. The smallest absolute Gasteiger partial charge is 0.408 e. The van der Waals surface area contributed by atoms with Gasteiger partial charge in [0.25, 0.3) is 0 Å². The number of para-hydroxylation sites is 1. The molecule has 4 rings (SSSR count). The van der Waals surface area contributed by atoms with Gasteiger partial charge < -0.3 is 9.52 Å². The molecule has 1 heterocycles. The monoisotopic (exact) mass is 338 g/mol. The van der Waals surface area contributed by atoms with Gasteiger partial charge in [-0.05, 0) is 36.5 Å². The van der Waals surface area contributed by atoms with Crippen LogP contribution < -0.4 is 5.76 Å². The summed E-state index contributed by atoms with van der Waals surface area (Å²) in [7, 11) is 0. The van der Waals surface area contributed by atoms with Crippen molar-refractivity contribution in [3.63, 3.8) is 0 Å². The van der Waals surface area contributed by atoms with E-state index in [2.05, 4.69) is 34.1 Å². The topological polar surface area (TPSA) is 69.5 Å². The van der Waals surface area contributed by atoms with E-state index in [4.69, 9.17) is 4.42 Å². The Labute approximate surface area is 145 Å². The van der Waals surface area contributed by atoms with Gasteiger partial charge >= 0.3 is 5.76 Å². The van der Waals surface area contributed by atoms with Crippen LogP contribution in [0.15, 0.2) is 51.7 Å². The minimum atomic E-state index is -0.431. The fraction of sp³-hybridized carbons (Fsp3) is 0.350. The highest BCUT2D eigenvalue weighted by Crippen LogP contribution is 2.35. The molecule has 130 valence electrons. The fourth-order valence-corrected chi connectivity index (χ4v) is 3.96. The Morgan fingerprint density at radius 3 is 2.96 bits per heavy atom. The van der Waals surface area contributed by atoms with Crippen molar-refractivity contribution in [1.29, 1.82) is 0 Å². The van der Waals surface area contributed by atoms with Crippen LogP contribution in [-0.2, 0) is 13.0 Å². The first-order chi connectivity index (χ1) is 12.3. The number of hydrogen-bond donors (Lipinski definition) is 2. The van der Waals surface area contributed by atoms with Crippen LogP contribution in [0.2, 0.25) is 0 Å². The number of H-pyrrole nitrogens is 1. The standard InChI is InChI=1S/C20H22N2O3/c23-12-11-22(18-10-4-6-14-5-1-2-8-16(14)18)13-15-7-3-9-17-19(15)25-20(24)21-17/h1-3,5,7-9,18,23H,4,6,10-13H2,(H,21,24). The van der Waals surface area contributed by atoms with Gasteiger partial charge in [0.1, 0.15) is 0 Å². The lowest BCUT2D eigenvalue weighted by atomic mass is 9.86. The summed E-state index contributed by atoms with van der Waals surface area (Å²) in [6.07, 6.45) is 3.33. The van der Waals surface area contributed by atoms with Crippen LogP contribution >= 0.6 is 0 Å². The van der Waals surface area contributed by atoms with E-state index in [9.17, 15) is 9.90 Å². The van der Waals surface area contributed by atoms with Gasteiger partial charge in [0.05, 0.1) is 12.1 Å². The third kappa shape index (κ3) is 3.13. The first-order valence-electron chi connectivity index (χ1n) is 8.79. The number of nitrogens with one attached hydrogen (secondary N) is 1. The van der Waals surface area contributed by atoms with Crippen molar-refractivity contribution in [3.05, 3.63) is 69.7 Å². The molecule has 2 N–H and O–H groups in total. The molecule has 0 aliphatic heterocycles. The van der Waals surface area contributed by atoms with Gasteiger partial charge in [-0.2, -0.15) is 0 Å². The largest absolute Gasteiger partial charge is 0.417 e. The minimum Gasteiger partial charge on any atom is -0.408 e. The predicted octanol–water partition coefficient (Wildman–Crippen LogP) is 2.99. The van der Waals surface area contributed by atoms with Crippen LogP contribution in [0.5, 0.6) is 0 Å². The Morgan fingerprint density at radius 1 is 1.20 bits per heavy atom. The van der Waals surface area contributed by atoms with Crippen molar-refractivity contribution in [2.45, 2.75) is 31.8 Å². The molecule has 1 aromatic heterocycles. The second-order valence-corrected chi connectivity index (χ2v) is 6.61. The number of oxazole rings is 1. The van der Waals surface area contributed by atoms with E-state index in [-0.39, 0.29) is 12.6 Å². The molecule has 2 aromatic carbocycles. The van der Waals surface area contributed by atoms with E-state index in [1.165, 1.54) is 11.1 Å². The Morgan fingerprint density at radius 2 is 2.08 bits per heavy atom. The molecule has 1 aliphatic rings. The van der Waals surface area contributed by atoms with Crippen molar-refractivity contribution in [2.75, 3.05) is 13.2 Å². The number of rotatable bonds is 5. The number of benzene rings is 2. The van der Waals surface area contributed by atoms with Crippen LogP contribution in [0.1, 0.15) is 35.6 Å². The number of aryl methyl sites for hydroxylation is 1. The molecule has 1 aliphatic carbocycles. The molecule has 1 atom stereocenters. The highest BCUT2D eigenvalue weighted by molar-refractivity contribution is 5.75. The molecule has 5 nitrogen and oxygen atoms in total. The number of aliphatic hydroxyl groups excluding tert-OH is 1. The van der Waals surface area contributed by atoms with E-state index in [1.54, 1.807) is 0 Å². The summed E-state index contributed by atoms with van der Waals surface area (Å²) in [6.45, 7) is 1.33. The molecule has 0 radical (unpaired) electrons.